The molecule has 112 valence electrons. The fourth-order valence-electron chi connectivity index (χ4n) is 2.01. The van der Waals surface area contributed by atoms with Crippen LogP contribution in [0.2, 0.25) is 0 Å². The molecule has 1 aliphatic heterocycles. The van der Waals surface area contributed by atoms with Crippen molar-refractivity contribution in [1.29, 1.82) is 0 Å². The molecule has 0 aliphatic carbocycles. The number of halogens is 1. The summed E-state index contributed by atoms with van der Waals surface area (Å²) in [5.74, 6) is -0.204. The van der Waals surface area contributed by atoms with Gasteiger partial charge in [-0.25, -0.2) is 9.89 Å². The molecule has 21 heavy (non-hydrogen) atoms. The lowest BCUT2D eigenvalue weighted by atomic mass is 10.1. The number of aromatic amines is 1. The van der Waals surface area contributed by atoms with Crippen LogP contribution in [0.15, 0.2) is 27.4 Å². The first-order valence-corrected chi connectivity index (χ1v) is 5.92. The Morgan fingerprint density at radius 1 is 1.43 bits per heavy atom. The topological polar surface area (TPSA) is 114 Å². The van der Waals surface area contributed by atoms with Crippen LogP contribution >= 0.6 is 12.4 Å². The Morgan fingerprint density at radius 3 is 2.86 bits per heavy atom. The molecule has 1 aromatic heterocycles. The summed E-state index contributed by atoms with van der Waals surface area (Å²) >= 11 is 0. The van der Waals surface area contributed by atoms with E-state index in [2.05, 4.69) is 10.2 Å². The van der Waals surface area contributed by atoms with E-state index in [9.17, 15) is 9.59 Å². The zero-order valence-corrected chi connectivity index (χ0v) is 11.8. The van der Waals surface area contributed by atoms with Crippen molar-refractivity contribution >= 4 is 24.0 Å². The first-order valence-electron chi connectivity index (χ1n) is 5.92. The van der Waals surface area contributed by atoms with Crippen molar-refractivity contribution in [2.45, 2.75) is 6.04 Å². The van der Waals surface area contributed by atoms with E-state index in [1.807, 2.05) is 0 Å². The number of hydrogen-bond donors (Lipinski definition) is 2. The smallest absolute Gasteiger partial charge is 0.434 e. The van der Waals surface area contributed by atoms with Crippen molar-refractivity contribution in [1.82, 2.24) is 10.2 Å². The number of carbonyl (C=O) groups excluding carboxylic acids is 1. The van der Waals surface area contributed by atoms with Crippen LogP contribution in [0, 0.1) is 0 Å². The number of nitrogens with zero attached hydrogens (tertiary/aromatic N) is 2. The Balaban J connectivity index is 0.00000161. The molecule has 0 unspecified atom stereocenters. The van der Waals surface area contributed by atoms with Gasteiger partial charge in [-0.1, -0.05) is 0 Å². The van der Waals surface area contributed by atoms with Gasteiger partial charge in [0, 0.05) is 12.6 Å². The van der Waals surface area contributed by atoms with Gasteiger partial charge in [-0.05, 0) is 18.2 Å². The molecule has 1 atom stereocenters. The number of fused-ring (bicyclic) bond motifs is 1. The Hall–Kier alpha value is -2.32. The van der Waals surface area contributed by atoms with Crippen LogP contribution in [0.5, 0.6) is 5.75 Å². The Kier molecular flexibility index (Phi) is 4.01. The first kappa shape index (κ1) is 15.1. The highest BCUT2D eigenvalue weighted by Gasteiger charge is 2.27. The van der Waals surface area contributed by atoms with E-state index in [-0.39, 0.29) is 30.8 Å². The average molecular weight is 313 g/mol. The van der Waals surface area contributed by atoms with Gasteiger partial charge in [0.25, 0.3) is 0 Å². The fourth-order valence-corrected chi connectivity index (χ4v) is 2.01. The molecule has 1 amide bonds. The summed E-state index contributed by atoms with van der Waals surface area (Å²) in [5, 5.41) is 5.93. The predicted octanol–water partition coefficient (Wildman–Crippen LogP) is 0.134. The maximum atomic E-state index is 12.0. The second-order valence-electron chi connectivity index (χ2n) is 4.42. The van der Waals surface area contributed by atoms with E-state index in [1.165, 1.54) is 4.90 Å². The lowest BCUT2D eigenvalue weighted by Crippen LogP contribution is -2.43. The minimum atomic E-state index is -0.709. The number of nitrogens with two attached hydrogens (primary N) is 1. The van der Waals surface area contributed by atoms with Gasteiger partial charge < -0.3 is 19.8 Å². The van der Waals surface area contributed by atoms with Crippen molar-refractivity contribution in [3.8, 4) is 17.2 Å². The largest absolute Gasteiger partial charge is 0.489 e. The number of benzene rings is 1. The average Bonchev–Trinajstić information content (AvgIpc) is 2.85. The summed E-state index contributed by atoms with van der Waals surface area (Å²) in [7, 11) is 1.61. The van der Waals surface area contributed by atoms with Gasteiger partial charge in [0.15, 0.2) is 0 Å². The molecule has 1 aromatic carbocycles. The molecule has 0 saturated heterocycles. The molecule has 0 saturated carbocycles. The maximum absolute atomic E-state index is 12.0. The lowest BCUT2D eigenvalue weighted by molar-refractivity contribution is -0.119. The number of H-pyrrole nitrogens is 1. The molecule has 2 aromatic rings. The number of rotatable bonds is 1. The third kappa shape index (κ3) is 2.63. The number of aromatic nitrogens is 2. The number of likely N-dealkylation sites (N-methyl/N-ethyl adjacent to an activating group) is 1. The number of amides is 1. The van der Waals surface area contributed by atoms with Crippen LogP contribution < -0.4 is 21.1 Å². The van der Waals surface area contributed by atoms with Crippen molar-refractivity contribution in [3.63, 3.8) is 0 Å². The predicted molar refractivity (Wildman–Crippen MR) is 76.7 cm³/mol. The van der Waals surface area contributed by atoms with Crippen LogP contribution in [-0.4, -0.2) is 35.8 Å². The van der Waals surface area contributed by atoms with Gasteiger partial charge >= 0.3 is 5.76 Å². The third-order valence-corrected chi connectivity index (χ3v) is 3.07. The summed E-state index contributed by atoms with van der Waals surface area (Å²) in [4.78, 5) is 24.4. The minimum absolute atomic E-state index is 0. The molecule has 8 nitrogen and oxygen atoms in total. The van der Waals surface area contributed by atoms with E-state index >= 15 is 0 Å². The number of nitrogens with one attached hydrogen (secondary N) is 1. The monoisotopic (exact) mass is 312 g/mol. The van der Waals surface area contributed by atoms with Gasteiger partial charge in [0.2, 0.25) is 11.8 Å². The third-order valence-electron chi connectivity index (χ3n) is 3.07. The van der Waals surface area contributed by atoms with Gasteiger partial charge in [-0.15, -0.1) is 17.5 Å². The van der Waals surface area contributed by atoms with Crippen molar-refractivity contribution in [2.24, 2.45) is 5.73 Å². The molecule has 2 heterocycles. The molecule has 0 radical (unpaired) electrons. The molecule has 3 N–H and O–H groups in total. The van der Waals surface area contributed by atoms with E-state index in [4.69, 9.17) is 14.9 Å². The molecule has 0 spiro atoms. The first-order chi connectivity index (χ1) is 9.56. The zero-order chi connectivity index (χ0) is 14.3. The lowest BCUT2D eigenvalue weighted by Gasteiger charge is -2.17. The highest BCUT2D eigenvalue weighted by Crippen LogP contribution is 2.33. The summed E-state index contributed by atoms with van der Waals surface area (Å²) in [6.45, 7) is 0.118. The number of carbonyl (C=O) groups is 1. The summed E-state index contributed by atoms with van der Waals surface area (Å²) in [6, 6.07) is 4.32. The summed E-state index contributed by atoms with van der Waals surface area (Å²) in [6.07, 6.45) is 0. The second-order valence-corrected chi connectivity index (χ2v) is 4.42. The van der Waals surface area contributed by atoms with Gasteiger partial charge in [-0.3, -0.25) is 4.79 Å². The minimum Gasteiger partial charge on any atom is -0.489 e. The Morgan fingerprint density at radius 2 is 2.19 bits per heavy atom. The van der Waals surface area contributed by atoms with Gasteiger partial charge in [0.05, 0.1) is 5.69 Å². The van der Waals surface area contributed by atoms with Crippen molar-refractivity contribution in [3.05, 3.63) is 28.7 Å². The fraction of sp³-hybridized carbons (Fsp3) is 0.250. The Labute approximate surface area is 125 Å². The highest BCUT2D eigenvalue weighted by molar-refractivity contribution is 5.99. The van der Waals surface area contributed by atoms with Gasteiger partial charge in [-0.2, -0.15) is 0 Å². The van der Waals surface area contributed by atoms with Crippen LogP contribution in [-0.2, 0) is 4.79 Å². The van der Waals surface area contributed by atoms with Crippen molar-refractivity contribution < 1.29 is 13.9 Å². The highest BCUT2D eigenvalue weighted by atomic mass is 35.5. The normalized spacial score (nSPS) is 17.5. The van der Waals surface area contributed by atoms with E-state index < -0.39 is 11.8 Å². The van der Waals surface area contributed by atoms with Crippen LogP contribution in [0.4, 0.5) is 5.69 Å². The van der Waals surface area contributed by atoms with E-state index in [1.54, 1.807) is 25.2 Å². The molecule has 3 rings (SSSR count). The van der Waals surface area contributed by atoms with E-state index in [0.29, 0.717) is 17.0 Å². The summed E-state index contributed by atoms with van der Waals surface area (Å²) in [5.41, 5.74) is 6.81. The Bertz CT molecular complexity index is 726. The number of hydrogen-bond acceptors (Lipinski definition) is 6. The summed E-state index contributed by atoms with van der Waals surface area (Å²) < 4.78 is 10.4. The van der Waals surface area contributed by atoms with E-state index in [0.717, 1.165) is 0 Å². The zero-order valence-electron chi connectivity index (χ0n) is 11.0. The quantitative estimate of drug-likeness (QED) is 0.773. The standard InChI is InChI=1S/C12H12N4O4.ClH/c1-16-8-4-6(10-14-15-12(18)20-10)2-3-9(8)19-5-7(13)11(16)17;/h2-4,7H,5,13H2,1H3,(H,15,18);1H/t7-;/m0./s1. The molecular formula is C12H13ClN4O4. The van der Waals surface area contributed by atoms with Crippen LogP contribution in [0.3, 0.4) is 0 Å². The van der Waals surface area contributed by atoms with Gasteiger partial charge in [0.1, 0.15) is 18.4 Å². The van der Waals surface area contributed by atoms with Crippen LogP contribution in [0.1, 0.15) is 0 Å². The molecule has 0 fully saturated rings. The molecular weight excluding hydrogens is 300 g/mol. The second kappa shape index (κ2) is 5.58. The maximum Gasteiger partial charge on any atom is 0.434 e. The van der Waals surface area contributed by atoms with Crippen molar-refractivity contribution in [2.75, 3.05) is 18.6 Å². The molecule has 0 bridgehead atoms. The number of anilines is 1. The SMILES string of the molecule is CN1C(=O)[C@@H](N)COc2ccc(-c3n[nH]c(=O)o3)cc21.Cl. The molecule has 1 aliphatic rings. The number of ether oxygens (including phenoxy) is 1. The molecule has 9 heteroatoms. The van der Waals surface area contributed by atoms with Crippen LogP contribution in [0.25, 0.3) is 11.5 Å².